The minimum Gasteiger partial charge on any atom is -0.486 e. The van der Waals surface area contributed by atoms with Crippen molar-refractivity contribution in [2.75, 3.05) is 13.2 Å². The van der Waals surface area contributed by atoms with Gasteiger partial charge in [-0.15, -0.1) is 0 Å². The maximum absolute atomic E-state index is 11.0. The molecule has 8 heteroatoms. The zero-order chi connectivity index (χ0) is 14.8. The molecule has 3 rings (SSSR count). The fourth-order valence-corrected chi connectivity index (χ4v) is 2.94. The number of ether oxygens (including phenoxy) is 2. The molecule has 0 unspecified atom stereocenters. The number of nitrogens with zero attached hydrogens (tertiary/aromatic N) is 2. The summed E-state index contributed by atoms with van der Waals surface area (Å²) in [7, 11) is 0. The SMILES string of the molecule is O=[N+]([O-])c1ccc(Cl)nc1Sc1ccc2c(c1)OCCO2. The Morgan fingerprint density at radius 1 is 1.19 bits per heavy atom. The second kappa shape index (κ2) is 5.79. The molecule has 0 aliphatic carbocycles. The van der Waals surface area contributed by atoms with Gasteiger partial charge < -0.3 is 9.47 Å². The summed E-state index contributed by atoms with van der Waals surface area (Å²) < 4.78 is 10.9. The number of hydrogen-bond donors (Lipinski definition) is 0. The molecule has 1 aliphatic heterocycles. The van der Waals surface area contributed by atoms with E-state index in [0.29, 0.717) is 24.7 Å². The molecule has 21 heavy (non-hydrogen) atoms. The molecule has 0 saturated heterocycles. The molecule has 2 heterocycles. The highest BCUT2D eigenvalue weighted by Crippen LogP contribution is 2.39. The molecule has 108 valence electrons. The second-order valence-corrected chi connectivity index (χ2v) is 5.57. The summed E-state index contributed by atoms with van der Waals surface area (Å²) in [5, 5.41) is 11.5. The molecule has 0 saturated carbocycles. The van der Waals surface area contributed by atoms with Gasteiger partial charge in [0.15, 0.2) is 16.5 Å². The monoisotopic (exact) mass is 324 g/mol. The minimum absolute atomic E-state index is 0.0840. The Labute approximate surface area is 129 Å². The fraction of sp³-hybridized carbons (Fsp3) is 0.154. The second-order valence-electron chi connectivity index (χ2n) is 4.12. The molecule has 2 aromatic rings. The van der Waals surface area contributed by atoms with Gasteiger partial charge in [0, 0.05) is 11.0 Å². The Balaban J connectivity index is 1.93. The molecule has 0 N–H and O–H groups in total. The normalized spacial score (nSPS) is 13.0. The molecular weight excluding hydrogens is 316 g/mol. The summed E-state index contributed by atoms with van der Waals surface area (Å²) in [6.07, 6.45) is 0. The van der Waals surface area contributed by atoms with E-state index in [4.69, 9.17) is 21.1 Å². The van der Waals surface area contributed by atoms with Crippen LogP contribution in [0.2, 0.25) is 5.15 Å². The van der Waals surface area contributed by atoms with Gasteiger partial charge in [-0.05, 0) is 24.3 Å². The van der Waals surface area contributed by atoms with Crippen LogP contribution in [-0.2, 0) is 0 Å². The molecule has 0 fully saturated rings. The van der Waals surface area contributed by atoms with Crippen molar-refractivity contribution >= 4 is 29.1 Å². The first-order chi connectivity index (χ1) is 10.1. The molecule has 0 bridgehead atoms. The highest BCUT2D eigenvalue weighted by atomic mass is 35.5. The van der Waals surface area contributed by atoms with E-state index in [-0.39, 0.29) is 15.9 Å². The third-order valence-corrected chi connectivity index (χ3v) is 3.92. The van der Waals surface area contributed by atoms with Crippen LogP contribution in [0, 0.1) is 10.1 Å². The number of rotatable bonds is 3. The van der Waals surface area contributed by atoms with Crippen LogP contribution in [0.4, 0.5) is 5.69 Å². The van der Waals surface area contributed by atoms with Crippen LogP contribution >= 0.6 is 23.4 Å². The number of pyridine rings is 1. The van der Waals surface area contributed by atoms with E-state index in [1.54, 1.807) is 18.2 Å². The lowest BCUT2D eigenvalue weighted by atomic mass is 10.3. The van der Waals surface area contributed by atoms with Crippen LogP contribution in [0.1, 0.15) is 0 Å². The maximum atomic E-state index is 11.0. The third-order valence-electron chi connectivity index (χ3n) is 2.73. The Morgan fingerprint density at radius 2 is 1.95 bits per heavy atom. The average Bonchev–Trinajstić information content (AvgIpc) is 2.47. The number of nitro groups is 1. The number of halogens is 1. The van der Waals surface area contributed by atoms with E-state index in [1.807, 2.05) is 0 Å². The molecule has 0 spiro atoms. The van der Waals surface area contributed by atoms with Crippen molar-refractivity contribution in [2.24, 2.45) is 0 Å². The summed E-state index contributed by atoms with van der Waals surface area (Å²) in [4.78, 5) is 15.3. The number of aromatic nitrogens is 1. The predicted molar refractivity (Wildman–Crippen MR) is 77.5 cm³/mol. The van der Waals surface area contributed by atoms with Crippen LogP contribution < -0.4 is 9.47 Å². The first kappa shape index (κ1) is 14.0. The standard InChI is InChI=1S/C13H9ClN2O4S/c14-12-4-2-9(16(17)18)13(15-12)21-8-1-3-10-11(7-8)20-6-5-19-10/h1-4,7H,5-6H2. The largest absolute Gasteiger partial charge is 0.486 e. The van der Waals surface area contributed by atoms with Gasteiger partial charge in [0.2, 0.25) is 0 Å². The Hall–Kier alpha value is -1.99. The molecule has 1 aliphatic rings. The van der Waals surface area contributed by atoms with E-state index >= 15 is 0 Å². The van der Waals surface area contributed by atoms with Gasteiger partial charge in [0.1, 0.15) is 18.4 Å². The van der Waals surface area contributed by atoms with Gasteiger partial charge in [-0.2, -0.15) is 0 Å². The lowest BCUT2D eigenvalue weighted by Gasteiger charge is -2.18. The van der Waals surface area contributed by atoms with E-state index in [0.717, 1.165) is 16.7 Å². The van der Waals surface area contributed by atoms with Gasteiger partial charge in [-0.3, -0.25) is 10.1 Å². The summed E-state index contributed by atoms with van der Waals surface area (Å²) in [6.45, 7) is 0.998. The summed E-state index contributed by atoms with van der Waals surface area (Å²) >= 11 is 6.97. The van der Waals surface area contributed by atoms with Crippen molar-refractivity contribution in [1.82, 2.24) is 4.98 Å². The zero-order valence-corrected chi connectivity index (χ0v) is 12.2. The summed E-state index contributed by atoms with van der Waals surface area (Å²) in [6, 6.07) is 8.08. The van der Waals surface area contributed by atoms with E-state index < -0.39 is 4.92 Å². The zero-order valence-electron chi connectivity index (χ0n) is 10.6. The maximum Gasteiger partial charge on any atom is 0.301 e. The molecule has 0 radical (unpaired) electrons. The first-order valence-electron chi connectivity index (χ1n) is 6.02. The molecule has 0 amide bonds. The smallest absolute Gasteiger partial charge is 0.301 e. The van der Waals surface area contributed by atoms with Crippen LogP contribution in [-0.4, -0.2) is 23.1 Å². The van der Waals surface area contributed by atoms with Crippen molar-refractivity contribution < 1.29 is 14.4 Å². The number of benzene rings is 1. The van der Waals surface area contributed by atoms with E-state index in [2.05, 4.69) is 4.98 Å². The van der Waals surface area contributed by atoms with Gasteiger partial charge >= 0.3 is 5.69 Å². The Kier molecular flexibility index (Phi) is 3.85. The summed E-state index contributed by atoms with van der Waals surface area (Å²) in [5.74, 6) is 1.29. The van der Waals surface area contributed by atoms with Crippen molar-refractivity contribution in [3.8, 4) is 11.5 Å². The molecular formula is C13H9ClN2O4S. The van der Waals surface area contributed by atoms with Gasteiger partial charge in [0.25, 0.3) is 0 Å². The summed E-state index contributed by atoms with van der Waals surface area (Å²) in [5.41, 5.74) is -0.0840. The first-order valence-corrected chi connectivity index (χ1v) is 7.21. The molecule has 1 aromatic carbocycles. The van der Waals surface area contributed by atoms with Gasteiger partial charge in [-0.1, -0.05) is 23.4 Å². The van der Waals surface area contributed by atoms with E-state index in [9.17, 15) is 10.1 Å². The topological polar surface area (TPSA) is 74.5 Å². The quantitative estimate of drug-likeness (QED) is 0.488. The Bertz CT molecular complexity index is 711. The average molecular weight is 325 g/mol. The minimum atomic E-state index is -0.482. The third kappa shape index (κ3) is 3.03. The molecule has 6 nitrogen and oxygen atoms in total. The van der Waals surface area contributed by atoms with Crippen LogP contribution in [0.3, 0.4) is 0 Å². The predicted octanol–water partition coefficient (Wildman–Crippen LogP) is 3.57. The van der Waals surface area contributed by atoms with Gasteiger partial charge in [-0.25, -0.2) is 4.98 Å². The van der Waals surface area contributed by atoms with E-state index in [1.165, 1.54) is 12.1 Å². The van der Waals surface area contributed by atoms with Crippen molar-refractivity contribution in [1.29, 1.82) is 0 Å². The number of hydrogen-bond acceptors (Lipinski definition) is 6. The number of fused-ring (bicyclic) bond motifs is 1. The lowest BCUT2D eigenvalue weighted by Crippen LogP contribution is -2.15. The Morgan fingerprint density at radius 3 is 2.71 bits per heavy atom. The molecule has 1 aromatic heterocycles. The lowest BCUT2D eigenvalue weighted by molar-refractivity contribution is -0.388. The van der Waals surface area contributed by atoms with Crippen LogP contribution in [0.25, 0.3) is 0 Å². The fourth-order valence-electron chi connectivity index (χ4n) is 1.82. The van der Waals surface area contributed by atoms with Crippen LogP contribution in [0.15, 0.2) is 40.3 Å². The van der Waals surface area contributed by atoms with Gasteiger partial charge in [0.05, 0.1) is 4.92 Å². The highest BCUT2D eigenvalue weighted by molar-refractivity contribution is 7.99. The molecule has 0 atom stereocenters. The van der Waals surface area contributed by atoms with Crippen molar-refractivity contribution in [3.05, 3.63) is 45.6 Å². The highest BCUT2D eigenvalue weighted by Gasteiger charge is 2.18. The van der Waals surface area contributed by atoms with Crippen molar-refractivity contribution in [3.63, 3.8) is 0 Å². The van der Waals surface area contributed by atoms with Crippen LogP contribution in [0.5, 0.6) is 11.5 Å². The van der Waals surface area contributed by atoms with Crippen molar-refractivity contribution in [2.45, 2.75) is 9.92 Å².